The van der Waals surface area contributed by atoms with Crippen molar-refractivity contribution >= 4 is 11.6 Å². The molecule has 0 bridgehead atoms. The molecule has 1 aliphatic heterocycles. The van der Waals surface area contributed by atoms with Crippen molar-refractivity contribution in [3.05, 3.63) is 65.0 Å². The van der Waals surface area contributed by atoms with Gasteiger partial charge >= 0.3 is 0 Å². The molecule has 0 saturated carbocycles. The maximum absolute atomic E-state index is 13.9. The van der Waals surface area contributed by atoms with Gasteiger partial charge in [-0.05, 0) is 30.7 Å². The minimum atomic E-state index is -1.14. The zero-order valence-corrected chi connectivity index (χ0v) is 10.3. The third kappa shape index (κ3) is 1.72. The van der Waals surface area contributed by atoms with Gasteiger partial charge in [-0.2, -0.15) is 0 Å². The van der Waals surface area contributed by atoms with Crippen LogP contribution in [-0.4, -0.2) is 11.0 Å². The molecule has 3 nitrogen and oxygen atoms in total. The third-order valence-corrected chi connectivity index (χ3v) is 3.29. The maximum atomic E-state index is 13.9. The lowest BCUT2D eigenvalue weighted by Gasteiger charge is -2.21. The van der Waals surface area contributed by atoms with Crippen LogP contribution in [0.25, 0.3) is 0 Å². The van der Waals surface area contributed by atoms with Crippen LogP contribution >= 0.6 is 0 Å². The van der Waals surface area contributed by atoms with E-state index in [1.54, 1.807) is 36.4 Å². The first kappa shape index (κ1) is 11.9. The maximum Gasteiger partial charge on any atom is 0.261 e. The number of carbonyl (C=O) groups is 1. The van der Waals surface area contributed by atoms with Crippen molar-refractivity contribution in [1.29, 1.82) is 0 Å². The van der Waals surface area contributed by atoms with E-state index in [1.165, 1.54) is 6.07 Å². The molecule has 4 heteroatoms. The highest BCUT2D eigenvalue weighted by molar-refractivity contribution is 6.10. The largest absolute Gasteiger partial charge is 0.369 e. The summed E-state index contributed by atoms with van der Waals surface area (Å²) < 4.78 is 13.9. The summed E-state index contributed by atoms with van der Waals surface area (Å²) >= 11 is 0. The summed E-state index contributed by atoms with van der Waals surface area (Å²) in [7, 11) is 0. The standard InChI is InChI=1S/C15H12FNO2/c1-9-6-7-12(16)13(8-9)17-14(18)10-4-2-3-5-11(10)15(17)19/h2-8,14,18H,1H3. The highest BCUT2D eigenvalue weighted by Crippen LogP contribution is 2.37. The second kappa shape index (κ2) is 4.17. The Morgan fingerprint density at radius 3 is 2.68 bits per heavy atom. The molecule has 1 atom stereocenters. The third-order valence-electron chi connectivity index (χ3n) is 3.29. The summed E-state index contributed by atoms with van der Waals surface area (Å²) in [6.07, 6.45) is -1.14. The van der Waals surface area contributed by atoms with Crippen LogP contribution in [0.3, 0.4) is 0 Å². The molecule has 0 aromatic heterocycles. The minimum absolute atomic E-state index is 0.105. The van der Waals surface area contributed by atoms with Gasteiger partial charge in [0, 0.05) is 11.1 Å². The minimum Gasteiger partial charge on any atom is -0.369 e. The van der Waals surface area contributed by atoms with Gasteiger partial charge in [0.2, 0.25) is 0 Å². The SMILES string of the molecule is Cc1ccc(F)c(N2C(=O)c3ccccc3C2O)c1. The molecule has 1 N–H and O–H groups in total. The second-order valence-electron chi connectivity index (χ2n) is 4.59. The Bertz CT molecular complexity index is 669. The number of hydrogen-bond acceptors (Lipinski definition) is 2. The highest BCUT2D eigenvalue weighted by Gasteiger charge is 2.37. The van der Waals surface area contributed by atoms with E-state index < -0.39 is 12.0 Å². The molecular formula is C15H12FNO2. The van der Waals surface area contributed by atoms with Crippen molar-refractivity contribution in [2.75, 3.05) is 4.90 Å². The molecule has 1 amide bonds. The molecule has 1 heterocycles. The Balaban J connectivity index is 2.14. The fraction of sp³-hybridized carbons (Fsp3) is 0.133. The van der Waals surface area contributed by atoms with E-state index in [-0.39, 0.29) is 11.6 Å². The summed E-state index contributed by atoms with van der Waals surface area (Å²) in [5, 5.41) is 10.2. The second-order valence-corrected chi connectivity index (χ2v) is 4.59. The first-order valence-electron chi connectivity index (χ1n) is 5.96. The molecule has 0 fully saturated rings. The van der Waals surface area contributed by atoms with E-state index in [0.29, 0.717) is 11.1 Å². The summed E-state index contributed by atoms with van der Waals surface area (Å²) in [5.74, 6) is -0.904. The molecule has 2 aromatic carbocycles. The van der Waals surface area contributed by atoms with Crippen LogP contribution in [0.4, 0.5) is 10.1 Å². The molecule has 1 aliphatic rings. The van der Waals surface area contributed by atoms with E-state index in [0.717, 1.165) is 10.5 Å². The summed E-state index contributed by atoms with van der Waals surface area (Å²) in [5.41, 5.74) is 1.85. The van der Waals surface area contributed by atoms with E-state index in [9.17, 15) is 14.3 Å². The van der Waals surface area contributed by atoms with E-state index in [1.807, 2.05) is 6.92 Å². The van der Waals surface area contributed by atoms with Crippen LogP contribution in [0, 0.1) is 12.7 Å². The number of aryl methyl sites for hydroxylation is 1. The number of aliphatic hydroxyl groups excluding tert-OH is 1. The molecule has 96 valence electrons. The lowest BCUT2D eigenvalue weighted by Crippen LogP contribution is -2.28. The highest BCUT2D eigenvalue weighted by atomic mass is 19.1. The van der Waals surface area contributed by atoms with Crippen LogP contribution in [-0.2, 0) is 0 Å². The van der Waals surface area contributed by atoms with Gasteiger partial charge in [0.25, 0.3) is 5.91 Å². The van der Waals surface area contributed by atoms with Crippen molar-refractivity contribution < 1.29 is 14.3 Å². The molecule has 0 spiro atoms. The monoisotopic (exact) mass is 257 g/mol. The average Bonchev–Trinajstić information content (AvgIpc) is 2.66. The molecular weight excluding hydrogens is 245 g/mol. The first-order chi connectivity index (χ1) is 9.09. The molecule has 0 saturated heterocycles. The topological polar surface area (TPSA) is 40.5 Å². The normalized spacial score (nSPS) is 17.7. The number of aliphatic hydroxyl groups is 1. The fourth-order valence-corrected chi connectivity index (χ4v) is 2.35. The van der Waals surface area contributed by atoms with Crippen molar-refractivity contribution in [3.8, 4) is 0 Å². The molecule has 0 aliphatic carbocycles. The number of fused-ring (bicyclic) bond motifs is 1. The van der Waals surface area contributed by atoms with Gasteiger partial charge in [-0.1, -0.05) is 24.3 Å². The van der Waals surface area contributed by atoms with Crippen LogP contribution in [0.15, 0.2) is 42.5 Å². The Hall–Kier alpha value is -2.20. The van der Waals surface area contributed by atoms with Crippen molar-refractivity contribution in [3.63, 3.8) is 0 Å². The van der Waals surface area contributed by atoms with E-state index in [2.05, 4.69) is 0 Å². The van der Waals surface area contributed by atoms with Gasteiger partial charge in [-0.3, -0.25) is 9.69 Å². The fourth-order valence-electron chi connectivity index (χ4n) is 2.35. The first-order valence-corrected chi connectivity index (χ1v) is 5.96. The Kier molecular flexibility index (Phi) is 2.61. The zero-order valence-electron chi connectivity index (χ0n) is 10.3. The quantitative estimate of drug-likeness (QED) is 0.853. The Labute approximate surface area is 109 Å². The van der Waals surface area contributed by atoms with E-state index in [4.69, 9.17) is 0 Å². The number of carbonyl (C=O) groups excluding carboxylic acids is 1. The average molecular weight is 257 g/mol. The molecule has 19 heavy (non-hydrogen) atoms. The van der Waals surface area contributed by atoms with Gasteiger partial charge in [-0.25, -0.2) is 4.39 Å². The molecule has 1 unspecified atom stereocenters. The van der Waals surface area contributed by atoms with Crippen molar-refractivity contribution in [1.82, 2.24) is 0 Å². The number of amides is 1. The lowest BCUT2D eigenvalue weighted by atomic mass is 10.1. The lowest BCUT2D eigenvalue weighted by molar-refractivity contribution is 0.0933. The smallest absolute Gasteiger partial charge is 0.261 e. The number of anilines is 1. The molecule has 0 radical (unpaired) electrons. The van der Waals surface area contributed by atoms with Gasteiger partial charge in [0.05, 0.1) is 5.69 Å². The number of rotatable bonds is 1. The van der Waals surface area contributed by atoms with Gasteiger partial charge in [0.1, 0.15) is 5.82 Å². The predicted molar refractivity (Wildman–Crippen MR) is 69.3 cm³/mol. The molecule has 3 rings (SSSR count). The Morgan fingerprint density at radius 2 is 1.95 bits per heavy atom. The zero-order chi connectivity index (χ0) is 13.6. The predicted octanol–water partition coefficient (Wildman–Crippen LogP) is 2.79. The summed E-state index contributed by atoms with van der Waals surface area (Å²) in [4.78, 5) is 13.4. The number of benzene rings is 2. The van der Waals surface area contributed by atoms with Crippen LogP contribution in [0.5, 0.6) is 0 Å². The van der Waals surface area contributed by atoms with Crippen molar-refractivity contribution in [2.24, 2.45) is 0 Å². The van der Waals surface area contributed by atoms with Gasteiger partial charge in [0.15, 0.2) is 6.23 Å². The molecule has 2 aromatic rings. The van der Waals surface area contributed by atoms with Crippen LogP contribution < -0.4 is 4.90 Å². The number of hydrogen-bond donors (Lipinski definition) is 1. The van der Waals surface area contributed by atoms with Gasteiger partial charge in [-0.15, -0.1) is 0 Å². The van der Waals surface area contributed by atoms with Gasteiger partial charge < -0.3 is 5.11 Å². The number of nitrogens with zero attached hydrogens (tertiary/aromatic N) is 1. The number of halogens is 1. The summed E-state index contributed by atoms with van der Waals surface area (Å²) in [6.45, 7) is 1.81. The summed E-state index contributed by atoms with van der Waals surface area (Å²) in [6, 6.07) is 11.3. The van der Waals surface area contributed by atoms with Crippen LogP contribution in [0.2, 0.25) is 0 Å². The van der Waals surface area contributed by atoms with Crippen molar-refractivity contribution in [2.45, 2.75) is 13.2 Å². The van der Waals surface area contributed by atoms with Crippen LogP contribution in [0.1, 0.15) is 27.7 Å². The van der Waals surface area contributed by atoms with E-state index >= 15 is 0 Å². The Morgan fingerprint density at radius 1 is 1.21 bits per heavy atom.